The Labute approximate surface area is 82.3 Å². The molecule has 0 atom stereocenters. The second-order valence-electron chi connectivity index (χ2n) is 2.67. The molecule has 0 aliphatic heterocycles. The van der Waals surface area contributed by atoms with E-state index in [2.05, 4.69) is 4.98 Å². The molecule has 0 amide bonds. The molecule has 0 bridgehead atoms. The Hall–Kier alpha value is -1.03. The van der Waals surface area contributed by atoms with E-state index in [1.54, 1.807) is 12.4 Å². The third kappa shape index (κ3) is 4.52. The van der Waals surface area contributed by atoms with Gasteiger partial charge in [-0.2, -0.15) is 0 Å². The Morgan fingerprint density at radius 1 is 1.46 bits per heavy atom. The third-order valence-corrected chi connectivity index (χ3v) is 2.42. The van der Waals surface area contributed by atoms with Crippen molar-refractivity contribution in [3.63, 3.8) is 0 Å². The van der Waals surface area contributed by atoms with E-state index in [1.807, 2.05) is 12.1 Å². The van der Waals surface area contributed by atoms with Crippen LogP contribution in [-0.4, -0.2) is 15.9 Å². The van der Waals surface area contributed by atoms with Gasteiger partial charge in [0, 0.05) is 18.1 Å². The van der Waals surface area contributed by atoms with Crippen molar-refractivity contribution in [2.45, 2.75) is 12.8 Å². The molecule has 1 rings (SSSR count). The minimum atomic E-state index is 0.203. The molecule has 0 spiro atoms. The summed E-state index contributed by atoms with van der Waals surface area (Å²) in [5.41, 5.74) is 6.50. The number of amidine groups is 1. The zero-order valence-electron chi connectivity index (χ0n) is 7.36. The molecule has 0 aliphatic rings. The van der Waals surface area contributed by atoms with Gasteiger partial charge in [0.1, 0.15) is 0 Å². The number of nitrogens with two attached hydrogens (primary N) is 1. The quantitative estimate of drug-likeness (QED) is 0.436. The fraction of sp³-hybridized carbons (Fsp3) is 0.333. The lowest BCUT2D eigenvalue weighted by molar-refractivity contribution is 0.931. The first-order chi connectivity index (χ1) is 6.29. The lowest BCUT2D eigenvalue weighted by Crippen LogP contribution is -2.04. The van der Waals surface area contributed by atoms with E-state index >= 15 is 0 Å². The zero-order valence-corrected chi connectivity index (χ0v) is 8.18. The molecule has 3 N–H and O–H groups in total. The fourth-order valence-electron chi connectivity index (χ4n) is 1.01. The summed E-state index contributed by atoms with van der Waals surface area (Å²) in [4.78, 5) is 3.94. The van der Waals surface area contributed by atoms with Gasteiger partial charge in [0.15, 0.2) is 5.17 Å². The number of pyridine rings is 1. The van der Waals surface area contributed by atoms with E-state index in [1.165, 1.54) is 17.3 Å². The molecule has 0 fully saturated rings. The van der Waals surface area contributed by atoms with Crippen LogP contribution in [0.2, 0.25) is 0 Å². The van der Waals surface area contributed by atoms with Crippen molar-refractivity contribution in [2.75, 3.05) is 5.75 Å². The van der Waals surface area contributed by atoms with Gasteiger partial charge in [-0.1, -0.05) is 11.8 Å². The highest BCUT2D eigenvalue weighted by atomic mass is 32.2. The lowest BCUT2D eigenvalue weighted by Gasteiger charge is -1.99. The molecule has 0 saturated heterocycles. The first-order valence-corrected chi connectivity index (χ1v) is 5.13. The predicted octanol–water partition coefficient (Wildman–Crippen LogP) is 1.64. The molecule has 0 radical (unpaired) electrons. The minimum absolute atomic E-state index is 0.203. The average molecular weight is 195 g/mol. The van der Waals surface area contributed by atoms with E-state index in [9.17, 15) is 0 Å². The highest BCUT2D eigenvalue weighted by molar-refractivity contribution is 8.13. The van der Waals surface area contributed by atoms with Gasteiger partial charge < -0.3 is 5.73 Å². The number of rotatable bonds is 4. The number of aryl methyl sites for hydroxylation is 1. The molecule has 1 aromatic heterocycles. The Morgan fingerprint density at radius 3 is 2.77 bits per heavy atom. The van der Waals surface area contributed by atoms with E-state index in [-0.39, 0.29) is 5.17 Å². The van der Waals surface area contributed by atoms with Gasteiger partial charge in [-0.05, 0) is 30.5 Å². The lowest BCUT2D eigenvalue weighted by atomic mass is 10.2. The highest BCUT2D eigenvalue weighted by Gasteiger charge is 1.93. The van der Waals surface area contributed by atoms with Crippen LogP contribution in [0.5, 0.6) is 0 Å². The summed E-state index contributed by atoms with van der Waals surface area (Å²) in [6.07, 6.45) is 5.68. The van der Waals surface area contributed by atoms with Gasteiger partial charge in [0.2, 0.25) is 0 Å². The maximum absolute atomic E-state index is 7.01. The first kappa shape index (κ1) is 10.1. The van der Waals surface area contributed by atoms with Gasteiger partial charge in [-0.15, -0.1) is 0 Å². The van der Waals surface area contributed by atoms with Crippen LogP contribution in [-0.2, 0) is 6.42 Å². The molecule has 70 valence electrons. The molecule has 13 heavy (non-hydrogen) atoms. The molecular weight excluding hydrogens is 182 g/mol. The molecule has 4 heteroatoms. The number of nitrogens with one attached hydrogen (secondary N) is 1. The number of hydrogen-bond acceptors (Lipinski definition) is 3. The molecule has 0 saturated carbocycles. The summed E-state index contributed by atoms with van der Waals surface area (Å²) in [7, 11) is 0. The van der Waals surface area contributed by atoms with Crippen LogP contribution in [0.4, 0.5) is 0 Å². The predicted molar refractivity (Wildman–Crippen MR) is 56.9 cm³/mol. The SMILES string of the molecule is N=C(N)SCCCc1ccncc1. The van der Waals surface area contributed by atoms with E-state index in [0.717, 1.165) is 18.6 Å². The normalized spacial score (nSPS) is 9.85. The Bertz CT molecular complexity index is 261. The summed E-state index contributed by atoms with van der Waals surface area (Å²) in [6.45, 7) is 0. The Morgan fingerprint density at radius 2 is 2.15 bits per heavy atom. The van der Waals surface area contributed by atoms with Crippen molar-refractivity contribution in [1.82, 2.24) is 4.98 Å². The van der Waals surface area contributed by atoms with Crippen LogP contribution < -0.4 is 5.73 Å². The van der Waals surface area contributed by atoms with Crippen LogP contribution >= 0.6 is 11.8 Å². The maximum Gasteiger partial charge on any atom is 0.151 e. The van der Waals surface area contributed by atoms with Crippen LogP contribution in [0, 0.1) is 5.41 Å². The van der Waals surface area contributed by atoms with Crippen molar-refractivity contribution in [3.05, 3.63) is 30.1 Å². The Balaban J connectivity index is 2.17. The summed E-state index contributed by atoms with van der Waals surface area (Å²) < 4.78 is 0. The summed E-state index contributed by atoms with van der Waals surface area (Å²) in [5.74, 6) is 0.914. The number of thioether (sulfide) groups is 1. The van der Waals surface area contributed by atoms with Crippen LogP contribution in [0.25, 0.3) is 0 Å². The molecule has 0 aromatic carbocycles. The summed E-state index contributed by atoms with van der Waals surface area (Å²) in [5, 5.41) is 7.21. The summed E-state index contributed by atoms with van der Waals surface area (Å²) >= 11 is 1.40. The zero-order chi connectivity index (χ0) is 9.52. The maximum atomic E-state index is 7.01. The standard InChI is InChI=1S/C9H13N3S/c10-9(11)13-7-1-2-8-3-5-12-6-4-8/h3-6H,1-2,7H2,(H3,10,11). The summed E-state index contributed by atoms with van der Waals surface area (Å²) in [6, 6.07) is 4.02. The number of aromatic nitrogens is 1. The minimum Gasteiger partial charge on any atom is -0.379 e. The van der Waals surface area contributed by atoms with E-state index in [0.29, 0.717) is 0 Å². The second kappa shape index (κ2) is 5.59. The van der Waals surface area contributed by atoms with Crippen molar-refractivity contribution in [1.29, 1.82) is 5.41 Å². The van der Waals surface area contributed by atoms with E-state index in [4.69, 9.17) is 11.1 Å². The average Bonchev–Trinajstić information content (AvgIpc) is 2.14. The first-order valence-electron chi connectivity index (χ1n) is 4.15. The van der Waals surface area contributed by atoms with E-state index < -0.39 is 0 Å². The third-order valence-electron chi connectivity index (χ3n) is 1.62. The van der Waals surface area contributed by atoms with Gasteiger partial charge in [-0.3, -0.25) is 10.4 Å². The number of hydrogen-bond donors (Lipinski definition) is 2. The smallest absolute Gasteiger partial charge is 0.151 e. The molecule has 1 heterocycles. The molecule has 3 nitrogen and oxygen atoms in total. The van der Waals surface area contributed by atoms with Crippen molar-refractivity contribution in [3.8, 4) is 0 Å². The molecule has 0 unspecified atom stereocenters. The largest absolute Gasteiger partial charge is 0.379 e. The van der Waals surface area contributed by atoms with Crippen molar-refractivity contribution >= 4 is 16.9 Å². The van der Waals surface area contributed by atoms with Crippen LogP contribution in [0.15, 0.2) is 24.5 Å². The molecule has 1 aromatic rings. The van der Waals surface area contributed by atoms with Crippen LogP contribution in [0.1, 0.15) is 12.0 Å². The second-order valence-corrected chi connectivity index (χ2v) is 3.81. The monoisotopic (exact) mass is 195 g/mol. The van der Waals surface area contributed by atoms with Crippen LogP contribution in [0.3, 0.4) is 0 Å². The van der Waals surface area contributed by atoms with Gasteiger partial charge in [-0.25, -0.2) is 0 Å². The van der Waals surface area contributed by atoms with Gasteiger partial charge in [0.05, 0.1) is 0 Å². The molecule has 0 aliphatic carbocycles. The topological polar surface area (TPSA) is 62.8 Å². The number of nitrogens with zero attached hydrogens (tertiary/aromatic N) is 1. The fourth-order valence-corrected chi connectivity index (χ4v) is 1.52. The molecular formula is C9H13N3S. The van der Waals surface area contributed by atoms with Crippen molar-refractivity contribution < 1.29 is 0 Å². The van der Waals surface area contributed by atoms with Crippen molar-refractivity contribution in [2.24, 2.45) is 5.73 Å². The van der Waals surface area contributed by atoms with Gasteiger partial charge in [0.25, 0.3) is 0 Å². The highest BCUT2D eigenvalue weighted by Crippen LogP contribution is 2.06. The Kier molecular flexibility index (Phi) is 4.32. The van der Waals surface area contributed by atoms with Gasteiger partial charge >= 0.3 is 0 Å².